The maximum atomic E-state index is 13.8. The van der Waals surface area contributed by atoms with Crippen molar-refractivity contribution in [3.05, 3.63) is 80.8 Å². The molecular weight excluding hydrogens is 515 g/mol. The highest BCUT2D eigenvalue weighted by atomic mass is 35.5. The minimum absolute atomic E-state index is 0.0136. The molecule has 0 radical (unpaired) electrons. The van der Waals surface area contributed by atoms with Crippen LogP contribution in [0.5, 0.6) is 17.2 Å². The number of hydrogen-bond donors (Lipinski definition) is 2. The molecule has 3 aromatic rings. The van der Waals surface area contributed by atoms with Gasteiger partial charge >= 0.3 is 6.03 Å². The number of ether oxygens (including phenoxy) is 2. The number of carbonyl (C=O) groups excluding carboxylic acids is 2. The van der Waals surface area contributed by atoms with E-state index in [0.29, 0.717) is 29.0 Å². The first-order valence-corrected chi connectivity index (χ1v) is 11.2. The zero-order chi connectivity index (χ0) is 26.2. The van der Waals surface area contributed by atoms with Gasteiger partial charge in [-0.3, -0.25) is 10.1 Å². The third kappa shape index (κ3) is 5.05. The Balaban J connectivity index is 1.53. The fourth-order valence-corrected chi connectivity index (χ4v) is 4.26. The molecule has 2 N–H and O–H groups in total. The second-order valence-corrected chi connectivity index (χ2v) is 9.26. The van der Waals surface area contributed by atoms with E-state index in [0.717, 1.165) is 18.2 Å². The monoisotopic (exact) mass is 531 g/mol. The molecule has 36 heavy (non-hydrogen) atoms. The summed E-state index contributed by atoms with van der Waals surface area (Å²) in [6.45, 7) is 3.77. The van der Waals surface area contributed by atoms with E-state index in [1.54, 1.807) is 12.1 Å². The van der Waals surface area contributed by atoms with E-state index >= 15 is 0 Å². The van der Waals surface area contributed by atoms with Gasteiger partial charge in [-0.15, -0.1) is 0 Å². The van der Waals surface area contributed by atoms with E-state index in [2.05, 4.69) is 11.4 Å². The summed E-state index contributed by atoms with van der Waals surface area (Å²) < 4.78 is 39.4. The zero-order valence-corrected chi connectivity index (χ0v) is 20.4. The number of hydrogen-bond acceptors (Lipinski definition) is 5. The largest absolute Gasteiger partial charge is 0.483 e. The fourth-order valence-electron chi connectivity index (χ4n) is 3.70. The maximum absolute atomic E-state index is 13.8. The molecule has 0 aliphatic carbocycles. The lowest BCUT2D eigenvalue weighted by molar-refractivity contribution is 0.0959. The molecule has 1 heterocycles. The van der Waals surface area contributed by atoms with Crippen molar-refractivity contribution in [1.82, 2.24) is 5.32 Å². The molecule has 0 saturated carbocycles. The van der Waals surface area contributed by atoms with Gasteiger partial charge < -0.3 is 14.8 Å². The summed E-state index contributed by atoms with van der Waals surface area (Å²) in [5.74, 6) is -2.73. The first-order chi connectivity index (χ1) is 17.0. The molecule has 1 aliphatic rings. The summed E-state index contributed by atoms with van der Waals surface area (Å²) in [6, 6.07) is 9.74. The number of nitrogens with one attached hydrogen (secondary N) is 2. The van der Waals surface area contributed by atoms with Crippen molar-refractivity contribution in [2.45, 2.75) is 25.9 Å². The number of imide groups is 1. The van der Waals surface area contributed by atoms with E-state index in [9.17, 15) is 23.6 Å². The molecule has 1 aliphatic heterocycles. The molecule has 3 amide bonds. The Labute approximate surface area is 214 Å². The zero-order valence-electron chi connectivity index (χ0n) is 18.8. The summed E-state index contributed by atoms with van der Waals surface area (Å²) in [4.78, 5) is 24.3. The Hall–Kier alpha value is -3.87. The predicted octanol–water partition coefficient (Wildman–Crippen LogP) is 6.61. The fraction of sp³-hybridized carbons (Fsp3) is 0.160. The van der Waals surface area contributed by atoms with Crippen molar-refractivity contribution < 1.29 is 27.8 Å². The predicted molar refractivity (Wildman–Crippen MR) is 129 cm³/mol. The van der Waals surface area contributed by atoms with Crippen LogP contribution in [0.3, 0.4) is 0 Å². The van der Waals surface area contributed by atoms with Crippen LogP contribution in [0.4, 0.5) is 19.3 Å². The molecular formula is C25H17Cl2F2N3O4. The summed E-state index contributed by atoms with van der Waals surface area (Å²) in [6.07, 6.45) is 0.511. The van der Waals surface area contributed by atoms with E-state index in [4.69, 9.17) is 32.7 Å². The molecule has 0 fully saturated rings. The Bertz CT molecular complexity index is 1410. The van der Waals surface area contributed by atoms with Crippen LogP contribution in [0.15, 0.2) is 42.5 Å². The van der Waals surface area contributed by atoms with Gasteiger partial charge in [0.1, 0.15) is 22.8 Å². The normalized spacial score (nSPS) is 13.2. The van der Waals surface area contributed by atoms with Crippen LogP contribution >= 0.6 is 23.2 Å². The van der Waals surface area contributed by atoms with Crippen molar-refractivity contribution >= 4 is 40.8 Å². The Kier molecular flexibility index (Phi) is 6.76. The molecule has 4 rings (SSSR count). The van der Waals surface area contributed by atoms with E-state index in [1.807, 2.05) is 19.2 Å². The van der Waals surface area contributed by atoms with Crippen LogP contribution in [-0.4, -0.2) is 17.5 Å². The molecule has 184 valence electrons. The lowest BCUT2D eigenvalue weighted by atomic mass is 9.98. The number of anilines is 1. The highest BCUT2D eigenvalue weighted by Crippen LogP contribution is 2.47. The van der Waals surface area contributed by atoms with Crippen molar-refractivity contribution in [1.29, 1.82) is 5.26 Å². The quantitative estimate of drug-likeness (QED) is 0.394. The standard InChI is InChI=1S/C25H17Cl2F2N3O4/c1-25(2)10-14-12(11-30)6-7-19(21(14)36-25)35-22-15(26)8-13(9-16(22)27)31-24(34)32-23(33)20-17(28)4-3-5-18(20)29/h3-9H,10H2,1-2H3,(H2,31,32,33,34). The molecule has 0 spiro atoms. The third-order valence-corrected chi connectivity index (χ3v) is 5.77. The summed E-state index contributed by atoms with van der Waals surface area (Å²) >= 11 is 12.7. The Morgan fingerprint density at radius 1 is 1.11 bits per heavy atom. The van der Waals surface area contributed by atoms with Gasteiger partial charge in [-0.1, -0.05) is 29.3 Å². The van der Waals surface area contributed by atoms with Crippen LogP contribution in [0.1, 0.15) is 35.3 Å². The molecule has 3 aromatic carbocycles. The molecule has 7 nitrogen and oxygen atoms in total. The Morgan fingerprint density at radius 2 is 1.75 bits per heavy atom. The molecule has 0 aromatic heterocycles. The summed E-state index contributed by atoms with van der Waals surface area (Å²) in [7, 11) is 0. The average Bonchev–Trinajstić information content (AvgIpc) is 3.11. The van der Waals surface area contributed by atoms with E-state index in [-0.39, 0.29) is 21.5 Å². The Morgan fingerprint density at radius 3 is 2.36 bits per heavy atom. The van der Waals surface area contributed by atoms with Gasteiger partial charge in [-0.2, -0.15) is 5.26 Å². The van der Waals surface area contributed by atoms with Crippen molar-refractivity contribution in [3.63, 3.8) is 0 Å². The SMILES string of the molecule is CC1(C)Cc2c(C#N)ccc(Oc3c(Cl)cc(NC(=O)NC(=O)c4c(F)cccc4F)cc3Cl)c2O1. The number of rotatable bonds is 4. The maximum Gasteiger partial charge on any atom is 0.326 e. The van der Waals surface area contributed by atoms with Crippen LogP contribution in [0.2, 0.25) is 10.0 Å². The van der Waals surface area contributed by atoms with E-state index < -0.39 is 34.7 Å². The van der Waals surface area contributed by atoms with Crippen molar-refractivity contribution in [2.24, 2.45) is 0 Å². The van der Waals surface area contributed by atoms with Crippen LogP contribution in [0.25, 0.3) is 0 Å². The summed E-state index contributed by atoms with van der Waals surface area (Å²) in [5.41, 5.74) is -0.175. The second-order valence-electron chi connectivity index (χ2n) is 8.45. The van der Waals surface area contributed by atoms with Crippen molar-refractivity contribution in [2.75, 3.05) is 5.32 Å². The summed E-state index contributed by atoms with van der Waals surface area (Å²) in [5, 5.41) is 13.6. The number of fused-ring (bicyclic) bond motifs is 1. The highest BCUT2D eigenvalue weighted by molar-refractivity contribution is 6.37. The first kappa shape index (κ1) is 25.2. The first-order valence-electron chi connectivity index (χ1n) is 10.5. The molecule has 0 atom stereocenters. The van der Waals surface area contributed by atoms with Gasteiger partial charge in [-0.25, -0.2) is 13.6 Å². The number of carbonyl (C=O) groups is 2. The number of nitrogens with zero attached hydrogens (tertiary/aromatic N) is 1. The number of nitriles is 1. The van der Waals surface area contributed by atoms with Gasteiger partial charge in [0.15, 0.2) is 17.2 Å². The van der Waals surface area contributed by atoms with E-state index in [1.165, 1.54) is 12.1 Å². The van der Waals surface area contributed by atoms with Gasteiger partial charge in [0.05, 0.1) is 21.7 Å². The number of halogens is 4. The van der Waals surface area contributed by atoms with Crippen LogP contribution < -0.4 is 20.1 Å². The van der Waals surface area contributed by atoms with Gasteiger partial charge in [0.25, 0.3) is 5.91 Å². The minimum Gasteiger partial charge on any atom is -0.483 e. The van der Waals surface area contributed by atoms with Gasteiger partial charge in [0.2, 0.25) is 0 Å². The number of urea groups is 1. The molecule has 11 heteroatoms. The molecule has 0 saturated heterocycles. The topological polar surface area (TPSA) is 100 Å². The average molecular weight is 532 g/mol. The second kappa shape index (κ2) is 9.64. The lowest BCUT2D eigenvalue weighted by Crippen LogP contribution is -2.35. The lowest BCUT2D eigenvalue weighted by Gasteiger charge is -2.19. The smallest absolute Gasteiger partial charge is 0.326 e. The van der Waals surface area contributed by atoms with Gasteiger partial charge in [-0.05, 0) is 50.2 Å². The minimum atomic E-state index is -1.27. The number of benzene rings is 3. The van der Waals surface area contributed by atoms with Gasteiger partial charge in [0, 0.05) is 17.7 Å². The van der Waals surface area contributed by atoms with Crippen LogP contribution in [0, 0.1) is 23.0 Å². The highest BCUT2D eigenvalue weighted by Gasteiger charge is 2.35. The number of amides is 3. The molecule has 0 unspecified atom stereocenters. The third-order valence-electron chi connectivity index (χ3n) is 5.21. The molecule has 0 bridgehead atoms. The van der Waals surface area contributed by atoms with Crippen LogP contribution in [-0.2, 0) is 6.42 Å². The van der Waals surface area contributed by atoms with Crippen molar-refractivity contribution in [3.8, 4) is 23.3 Å².